The fourth-order valence-electron chi connectivity index (χ4n) is 2.47. The first kappa shape index (κ1) is 21.9. The van der Waals surface area contributed by atoms with E-state index in [-0.39, 0.29) is 17.5 Å². The van der Waals surface area contributed by atoms with Gasteiger partial charge in [0.2, 0.25) is 17.4 Å². The molecular weight excluding hydrogens is 442 g/mol. The number of nitrogen functional groups attached to an aromatic ring is 1. The molecule has 3 aromatic rings. The van der Waals surface area contributed by atoms with Crippen molar-refractivity contribution in [2.24, 2.45) is 0 Å². The summed E-state index contributed by atoms with van der Waals surface area (Å²) in [4.78, 5) is 12.3. The first-order valence-corrected chi connectivity index (χ1v) is 7.95. The molecule has 0 spiro atoms. The van der Waals surface area contributed by atoms with Crippen LogP contribution in [0.4, 0.5) is 40.8 Å². The van der Waals surface area contributed by atoms with Crippen molar-refractivity contribution in [3.63, 3.8) is 0 Å². The van der Waals surface area contributed by atoms with Gasteiger partial charge in [-0.25, -0.2) is 30.7 Å². The number of hydrogen-bond acceptors (Lipinski definition) is 4. The first-order valence-electron chi connectivity index (χ1n) is 7.95. The normalized spacial score (nSPS) is 11.0. The quantitative estimate of drug-likeness (QED) is 0.145. The van der Waals surface area contributed by atoms with Crippen molar-refractivity contribution in [3.8, 4) is 17.2 Å². The van der Waals surface area contributed by atoms with Crippen LogP contribution in [0.1, 0.15) is 15.9 Å². The number of ketones is 1. The summed E-state index contributed by atoms with van der Waals surface area (Å²) in [7, 11) is 0. The number of ether oxygens (including phenoxy) is 1. The third-order valence-corrected chi connectivity index (χ3v) is 4.02. The summed E-state index contributed by atoms with van der Waals surface area (Å²) in [5.74, 6) is -23.7. The van der Waals surface area contributed by atoms with Gasteiger partial charge < -0.3 is 15.6 Å². The Balaban J connectivity index is 2.17. The highest BCUT2D eigenvalue weighted by atomic mass is 19.2. The Hall–Kier alpha value is -3.83. The van der Waals surface area contributed by atoms with E-state index < -0.39 is 74.9 Å². The van der Waals surface area contributed by atoms with Crippen LogP contribution in [0, 0.1) is 46.5 Å². The van der Waals surface area contributed by atoms with Crippen LogP contribution >= 0.6 is 0 Å². The smallest absolute Gasteiger partial charge is 0.204 e. The molecule has 162 valence electrons. The number of benzene rings is 3. The molecule has 0 bridgehead atoms. The molecule has 0 aromatic heterocycles. The largest absolute Gasteiger partial charge is 0.506 e. The predicted molar refractivity (Wildman–Crippen MR) is 88.6 cm³/mol. The van der Waals surface area contributed by atoms with Gasteiger partial charge in [-0.2, -0.15) is 4.39 Å². The summed E-state index contributed by atoms with van der Waals surface area (Å²) < 4.78 is 115. The van der Waals surface area contributed by atoms with Crippen LogP contribution in [0.2, 0.25) is 0 Å². The molecule has 3 aromatic carbocycles. The Labute approximate surface area is 167 Å². The summed E-state index contributed by atoms with van der Waals surface area (Å²) in [5, 5.41) is 9.50. The zero-order valence-corrected chi connectivity index (χ0v) is 14.7. The second-order valence-corrected chi connectivity index (χ2v) is 5.96. The van der Waals surface area contributed by atoms with Gasteiger partial charge in [-0.05, 0) is 18.2 Å². The molecule has 0 amide bonds. The van der Waals surface area contributed by atoms with Gasteiger partial charge in [0.25, 0.3) is 0 Å². The van der Waals surface area contributed by atoms with E-state index in [1.165, 1.54) is 0 Å². The van der Waals surface area contributed by atoms with Crippen molar-refractivity contribution in [2.45, 2.75) is 0 Å². The van der Waals surface area contributed by atoms with E-state index in [2.05, 4.69) is 0 Å². The molecule has 0 aliphatic rings. The molecular formula is C19H7F8NO3. The number of anilines is 1. The molecule has 0 heterocycles. The van der Waals surface area contributed by atoms with E-state index in [1.54, 1.807) is 0 Å². The number of nitrogens with two attached hydrogens (primary N) is 1. The average Bonchev–Trinajstić information content (AvgIpc) is 2.73. The molecule has 0 fully saturated rings. The maximum absolute atomic E-state index is 14.1. The standard InChI is InChI=1S/C19H7F8NO3/c20-11-6(19(30)10-13(22)16(25)18(27)17(26)14(10)23)4-9(12(21)15(11)24)31-5-1-2-7(28)8(29)3-5/h1-4,29H,28H2. The number of phenols is 1. The van der Waals surface area contributed by atoms with Crippen molar-refractivity contribution >= 4 is 11.5 Å². The van der Waals surface area contributed by atoms with Gasteiger partial charge in [-0.1, -0.05) is 0 Å². The van der Waals surface area contributed by atoms with E-state index in [0.29, 0.717) is 0 Å². The van der Waals surface area contributed by atoms with Crippen LogP contribution in [-0.2, 0) is 0 Å². The lowest BCUT2D eigenvalue weighted by Gasteiger charge is -2.12. The second kappa shape index (κ2) is 7.78. The molecule has 0 saturated carbocycles. The molecule has 0 atom stereocenters. The fourth-order valence-corrected chi connectivity index (χ4v) is 2.47. The molecule has 0 unspecified atom stereocenters. The van der Waals surface area contributed by atoms with Gasteiger partial charge in [0.05, 0.1) is 11.3 Å². The van der Waals surface area contributed by atoms with Gasteiger partial charge in [-0.15, -0.1) is 0 Å². The van der Waals surface area contributed by atoms with Gasteiger partial charge in [0.1, 0.15) is 17.1 Å². The number of rotatable bonds is 4. The lowest BCUT2D eigenvalue weighted by atomic mass is 10.00. The van der Waals surface area contributed by atoms with E-state index in [0.717, 1.165) is 18.2 Å². The van der Waals surface area contributed by atoms with Crippen LogP contribution in [-0.4, -0.2) is 10.9 Å². The molecule has 12 heteroatoms. The van der Waals surface area contributed by atoms with Crippen LogP contribution in [0.25, 0.3) is 0 Å². The van der Waals surface area contributed by atoms with Crippen LogP contribution in [0.3, 0.4) is 0 Å². The summed E-state index contributed by atoms with van der Waals surface area (Å²) in [6, 6.07) is 3.13. The first-order chi connectivity index (χ1) is 14.5. The van der Waals surface area contributed by atoms with Crippen molar-refractivity contribution in [3.05, 3.63) is 81.9 Å². The highest BCUT2D eigenvalue weighted by Gasteiger charge is 2.33. The van der Waals surface area contributed by atoms with Crippen molar-refractivity contribution in [1.29, 1.82) is 0 Å². The third kappa shape index (κ3) is 3.60. The Bertz CT molecular complexity index is 1220. The van der Waals surface area contributed by atoms with Gasteiger partial charge in [0, 0.05) is 6.07 Å². The number of aromatic hydroxyl groups is 1. The van der Waals surface area contributed by atoms with E-state index in [4.69, 9.17) is 10.5 Å². The number of carbonyl (C=O) groups is 1. The fraction of sp³-hybridized carbons (Fsp3) is 0. The monoisotopic (exact) mass is 449 g/mol. The van der Waals surface area contributed by atoms with Crippen LogP contribution in [0.5, 0.6) is 17.2 Å². The van der Waals surface area contributed by atoms with E-state index in [9.17, 15) is 45.0 Å². The molecule has 31 heavy (non-hydrogen) atoms. The molecule has 0 aliphatic carbocycles. The van der Waals surface area contributed by atoms with E-state index >= 15 is 0 Å². The van der Waals surface area contributed by atoms with Crippen LogP contribution in [0.15, 0.2) is 24.3 Å². The summed E-state index contributed by atoms with van der Waals surface area (Å²) in [6.07, 6.45) is 0. The summed E-state index contributed by atoms with van der Waals surface area (Å²) in [5.41, 5.74) is 1.56. The molecule has 3 N–H and O–H groups in total. The zero-order chi connectivity index (χ0) is 23.2. The SMILES string of the molecule is Nc1ccc(Oc2cc(C(=O)c3c(F)c(F)c(F)c(F)c3F)c(F)c(F)c2F)cc1O. The third-order valence-electron chi connectivity index (χ3n) is 4.02. The minimum atomic E-state index is -2.58. The highest BCUT2D eigenvalue weighted by molar-refractivity contribution is 6.09. The lowest BCUT2D eigenvalue weighted by molar-refractivity contribution is 0.102. The summed E-state index contributed by atoms with van der Waals surface area (Å²) in [6.45, 7) is 0. The highest BCUT2D eigenvalue weighted by Crippen LogP contribution is 2.34. The molecule has 0 saturated heterocycles. The second-order valence-electron chi connectivity index (χ2n) is 5.96. The maximum atomic E-state index is 14.1. The lowest BCUT2D eigenvalue weighted by Crippen LogP contribution is -2.16. The maximum Gasteiger partial charge on any atom is 0.204 e. The Morgan fingerprint density at radius 3 is 1.81 bits per heavy atom. The molecule has 0 radical (unpaired) electrons. The number of hydrogen-bond donors (Lipinski definition) is 2. The molecule has 4 nitrogen and oxygen atoms in total. The Kier molecular flexibility index (Phi) is 5.49. The van der Waals surface area contributed by atoms with Crippen molar-refractivity contribution in [1.82, 2.24) is 0 Å². The van der Waals surface area contributed by atoms with Crippen LogP contribution < -0.4 is 10.5 Å². The van der Waals surface area contributed by atoms with Gasteiger partial charge in [-0.3, -0.25) is 4.79 Å². The van der Waals surface area contributed by atoms with E-state index in [1.807, 2.05) is 0 Å². The average molecular weight is 449 g/mol. The zero-order valence-electron chi connectivity index (χ0n) is 14.7. The molecule has 0 aliphatic heterocycles. The van der Waals surface area contributed by atoms with Crippen molar-refractivity contribution in [2.75, 3.05) is 5.73 Å². The number of halogens is 8. The molecule has 3 rings (SSSR count). The minimum absolute atomic E-state index is 0.125. The van der Waals surface area contributed by atoms with Gasteiger partial charge in [0.15, 0.2) is 40.7 Å². The van der Waals surface area contributed by atoms with Gasteiger partial charge >= 0.3 is 0 Å². The Morgan fingerprint density at radius 2 is 1.26 bits per heavy atom. The summed E-state index contributed by atoms with van der Waals surface area (Å²) >= 11 is 0. The number of phenolic OH excluding ortho intramolecular Hbond substituents is 1. The number of carbonyl (C=O) groups excluding carboxylic acids is 1. The predicted octanol–water partition coefficient (Wildman–Crippen LogP) is 5.11. The topological polar surface area (TPSA) is 72.5 Å². The van der Waals surface area contributed by atoms with Crippen molar-refractivity contribution < 1.29 is 49.8 Å². The minimum Gasteiger partial charge on any atom is -0.506 e. The Morgan fingerprint density at radius 1 is 0.742 bits per heavy atom.